The molecule has 2 atom stereocenters. The summed E-state index contributed by atoms with van der Waals surface area (Å²) in [6, 6.07) is 20.6. The SMILES string of the molecule is O=C1CC(c2ccc([N+](=O)[O-])cc2)Oc2ccc(O)cc21.O=C1CC(c2ccc([N+](=O)[O-])cc2)Oc2ccc(O)cc21. The van der Waals surface area contributed by atoms with E-state index < -0.39 is 22.1 Å². The standard InChI is InChI=1S/2C15H11NO5/c2*17-11-5-6-14-12(7-11)13(18)8-15(21-14)9-1-3-10(4-2-9)16(19)20/h2*1-7,15,17H,8H2. The molecule has 6 rings (SSSR count). The predicted molar refractivity (Wildman–Crippen MR) is 147 cm³/mol. The molecule has 2 N–H and O–H groups in total. The first-order valence-electron chi connectivity index (χ1n) is 12.6. The molecule has 0 saturated heterocycles. The van der Waals surface area contributed by atoms with Crippen LogP contribution in [-0.2, 0) is 0 Å². The lowest BCUT2D eigenvalue weighted by Gasteiger charge is -2.25. The number of carbonyl (C=O) groups excluding carboxylic acids is 2. The Morgan fingerprint density at radius 2 is 0.952 bits per heavy atom. The van der Waals surface area contributed by atoms with Gasteiger partial charge in [-0.25, -0.2) is 0 Å². The maximum atomic E-state index is 12.1. The van der Waals surface area contributed by atoms with Gasteiger partial charge in [0.25, 0.3) is 11.4 Å². The lowest BCUT2D eigenvalue weighted by molar-refractivity contribution is -0.385. The minimum Gasteiger partial charge on any atom is -0.508 e. The van der Waals surface area contributed by atoms with Crippen LogP contribution in [0, 0.1) is 20.2 Å². The highest BCUT2D eigenvalue weighted by Gasteiger charge is 2.29. The van der Waals surface area contributed by atoms with Crippen molar-refractivity contribution in [3.8, 4) is 23.0 Å². The maximum absolute atomic E-state index is 12.1. The van der Waals surface area contributed by atoms with Crippen molar-refractivity contribution in [3.05, 3.63) is 127 Å². The molecular formula is C30H22N2O10. The number of non-ortho nitro benzene ring substituents is 2. The van der Waals surface area contributed by atoms with Crippen molar-refractivity contribution in [3.63, 3.8) is 0 Å². The number of nitro groups is 2. The summed E-state index contributed by atoms with van der Waals surface area (Å²) in [4.78, 5) is 44.5. The van der Waals surface area contributed by atoms with E-state index in [-0.39, 0.29) is 47.3 Å². The number of ether oxygens (including phenoxy) is 2. The highest BCUT2D eigenvalue weighted by atomic mass is 16.6. The van der Waals surface area contributed by atoms with E-state index in [0.29, 0.717) is 33.8 Å². The van der Waals surface area contributed by atoms with Crippen LogP contribution in [0.25, 0.3) is 0 Å². The second kappa shape index (κ2) is 11.4. The summed E-state index contributed by atoms with van der Waals surface area (Å²) in [6.45, 7) is 0. The second-order valence-corrected chi connectivity index (χ2v) is 9.53. The number of nitrogens with zero attached hydrogens (tertiary/aromatic N) is 2. The number of rotatable bonds is 4. The van der Waals surface area contributed by atoms with Gasteiger partial charge >= 0.3 is 0 Å². The topological polar surface area (TPSA) is 179 Å². The third kappa shape index (κ3) is 5.87. The zero-order valence-corrected chi connectivity index (χ0v) is 21.7. The molecule has 0 amide bonds. The van der Waals surface area contributed by atoms with Crippen molar-refractivity contribution >= 4 is 22.9 Å². The molecule has 12 heteroatoms. The number of nitro benzene ring substituents is 2. The van der Waals surface area contributed by atoms with E-state index in [4.69, 9.17) is 9.47 Å². The van der Waals surface area contributed by atoms with Crippen LogP contribution in [0.5, 0.6) is 23.0 Å². The Morgan fingerprint density at radius 1 is 0.595 bits per heavy atom. The highest BCUT2D eigenvalue weighted by molar-refractivity contribution is 6.01. The minimum atomic E-state index is -0.477. The number of carbonyl (C=O) groups is 2. The number of Topliss-reactive ketones (excluding diaryl/α,β-unsaturated/α-hetero) is 2. The third-order valence-corrected chi connectivity index (χ3v) is 6.76. The van der Waals surface area contributed by atoms with E-state index in [2.05, 4.69) is 0 Å². The maximum Gasteiger partial charge on any atom is 0.269 e. The molecule has 12 nitrogen and oxygen atoms in total. The zero-order valence-electron chi connectivity index (χ0n) is 21.7. The molecule has 2 aliphatic rings. The molecule has 2 aliphatic heterocycles. The first-order chi connectivity index (χ1) is 20.1. The summed E-state index contributed by atoms with van der Waals surface area (Å²) < 4.78 is 11.5. The first-order valence-corrected chi connectivity index (χ1v) is 12.6. The summed E-state index contributed by atoms with van der Waals surface area (Å²) in [5, 5.41) is 40.1. The van der Waals surface area contributed by atoms with Gasteiger partial charge in [-0.05, 0) is 71.8 Å². The largest absolute Gasteiger partial charge is 0.508 e. The fourth-order valence-electron chi connectivity index (χ4n) is 4.62. The van der Waals surface area contributed by atoms with Gasteiger partial charge in [0.05, 0.1) is 33.8 Å². The number of fused-ring (bicyclic) bond motifs is 2. The van der Waals surface area contributed by atoms with Gasteiger partial charge in [-0.3, -0.25) is 29.8 Å². The van der Waals surface area contributed by atoms with Crippen LogP contribution in [0.15, 0.2) is 84.9 Å². The second-order valence-electron chi connectivity index (χ2n) is 9.53. The molecule has 2 unspecified atom stereocenters. The Labute approximate surface area is 237 Å². The number of phenols is 2. The zero-order chi connectivity index (χ0) is 30.0. The molecule has 4 aromatic rings. The Bertz CT molecular complexity index is 1570. The van der Waals surface area contributed by atoms with Crippen molar-refractivity contribution in [2.24, 2.45) is 0 Å². The number of ketones is 2. The Balaban J connectivity index is 0.000000168. The smallest absolute Gasteiger partial charge is 0.269 e. The number of hydrogen-bond acceptors (Lipinski definition) is 10. The molecule has 212 valence electrons. The van der Waals surface area contributed by atoms with Gasteiger partial charge in [-0.2, -0.15) is 0 Å². The lowest BCUT2D eigenvalue weighted by Crippen LogP contribution is -2.20. The molecule has 0 saturated carbocycles. The van der Waals surface area contributed by atoms with Crippen LogP contribution in [0.4, 0.5) is 11.4 Å². The normalized spacial score (nSPS) is 17.0. The molecule has 0 radical (unpaired) electrons. The Hall–Kier alpha value is -5.78. The van der Waals surface area contributed by atoms with E-state index in [1.807, 2.05) is 0 Å². The summed E-state index contributed by atoms with van der Waals surface area (Å²) in [7, 11) is 0. The van der Waals surface area contributed by atoms with E-state index >= 15 is 0 Å². The fourth-order valence-corrected chi connectivity index (χ4v) is 4.62. The van der Waals surface area contributed by atoms with Gasteiger partial charge in [-0.1, -0.05) is 0 Å². The molecule has 4 aromatic carbocycles. The van der Waals surface area contributed by atoms with Gasteiger partial charge in [-0.15, -0.1) is 0 Å². The molecule has 2 heterocycles. The van der Waals surface area contributed by atoms with E-state index in [0.717, 1.165) is 0 Å². The predicted octanol–water partition coefficient (Wildman–Crippen LogP) is 6.01. The first kappa shape index (κ1) is 27.8. The summed E-state index contributed by atoms with van der Waals surface area (Å²) in [5.41, 5.74) is 2.10. The van der Waals surface area contributed by atoms with Crippen molar-refractivity contribution < 1.29 is 39.1 Å². The Morgan fingerprint density at radius 3 is 1.29 bits per heavy atom. The van der Waals surface area contributed by atoms with Crippen molar-refractivity contribution in [1.82, 2.24) is 0 Å². The van der Waals surface area contributed by atoms with Crippen molar-refractivity contribution in [1.29, 1.82) is 0 Å². The van der Waals surface area contributed by atoms with Crippen LogP contribution < -0.4 is 9.47 Å². The van der Waals surface area contributed by atoms with Crippen LogP contribution in [0.2, 0.25) is 0 Å². The van der Waals surface area contributed by atoms with E-state index in [1.165, 1.54) is 48.5 Å². The number of benzene rings is 4. The van der Waals surface area contributed by atoms with Crippen LogP contribution >= 0.6 is 0 Å². The van der Waals surface area contributed by atoms with Crippen LogP contribution in [0.3, 0.4) is 0 Å². The highest BCUT2D eigenvalue weighted by Crippen LogP contribution is 2.38. The molecule has 0 aliphatic carbocycles. The van der Waals surface area contributed by atoms with E-state index in [1.54, 1.807) is 36.4 Å². The molecule has 0 aromatic heterocycles. The summed E-state index contributed by atoms with van der Waals surface area (Å²) in [6.07, 6.45) is -0.687. The van der Waals surface area contributed by atoms with Crippen LogP contribution in [0.1, 0.15) is 56.9 Å². The number of hydrogen-bond donors (Lipinski definition) is 2. The molecular weight excluding hydrogens is 548 g/mol. The monoisotopic (exact) mass is 570 g/mol. The molecule has 0 spiro atoms. The van der Waals surface area contributed by atoms with Gasteiger partial charge in [0.1, 0.15) is 35.2 Å². The van der Waals surface area contributed by atoms with Crippen molar-refractivity contribution in [2.75, 3.05) is 0 Å². The molecule has 42 heavy (non-hydrogen) atoms. The quantitative estimate of drug-likeness (QED) is 0.218. The van der Waals surface area contributed by atoms with Crippen LogP contribution in [-0.4, -0.2) is 31.6 Å². The lowest BCUT2D eigenvalue weighted by atomic mass is 9.96. The minimum absolute atomic E-state index is 0.00814. The number of aromatic hydroxyl groups is 2. The van der Waals surface area contributed by atoms with Gasteiger partial charge in [0.2, 0.25) is 0 Å². The molecule has 0 fully saturated rings. The fraction of sp³-hybridized carbons (Fsp3) is 0.133. The summed E-state index contributed by atoms with van der Waals surface area (Å²) >= 11 is 0. The van der Waals surface area contributed by atoms with Gasteiger partial charge in [0.15, 0.2) is 11.6 Å². The third-order valence-electron chi connectivity index (χ3n) is 6.76. The Kier molecular flexibility index (Phi) is 7.52. The van der Waals surface area contributed by atoms with E-state index in [9.17, 15) is 40.0 Å². The summed E-state index contributed by atoms with van der Waals surface area (Å²) in [5.74, 6) is 0.588. The van der Waals surface area contributed by atoms with Crippen molar-refractivity contribution in [2.45, 2.75) is 25.0 Å². The van der Waals surface area contributed by atoms with Gasteiger partial charge < -0.3 is 19.7 Å². The average Bonchev–Trinajstić information content (AvgIpc) is 2.98. The van der Waals surface area contributed by atoms with Gasteiger partial charge in [0, 0.05) is 24.3 Å². The molecule has 0 bridgehead atoms. The average molecular weight is 571 g/mol. The number of phenolic OH excluding ortho intramolecular Hbond substituents is 2.